The summed E-state index contributed by atoms with van der Waals surface area (Å²) >= 11 is 0. The van der Waals surface area contributed by atoms with Crippen LogP contribution >= 0.6 is 0 Å². The van der Waals surface area contributed by atoms with E-state index in [0.717, 1.165) is 37.9 Å². The summed E-state index contributed by atoms with van der Waals surface area (Å²) in [6, 6.07) is 8.08. The Bertz CT molecular complexity index is 615. The van der Waals surface area contributed by atoms with Gasteiger partial charge in [-0.15, -0.1) is 0 Å². The van der Waals surface area contributed by atoms with E-state index in [1.54, 1.807) is 7.11 Å². The number of benzene rings is 1. The Morgan fingerprint density at radius 2 is 1.95 bits per heavy atom. The van der Waals surface area contributed by atoms with Crippen molar-refractivity contribution in [1.29, 1.82) is 0 Å². The van der Waals surface area contributed by atoms with E-state index in [9.17, 15) is 0 Å². The first kappa shape index (κ1) is 15.0. The quantitative estimate of drug-likeness (QED) is 0.918. The molecule has 0 bridgehead atoms. The zero-order valence-electron chi connectivity index (χ0n) is 13.2. The Balaban J connectivity index is 1.68. The van der Waals surface area contributed by atoms with Crippen molar-refractivity contribution in [1.82, 2.24) is 10.1 Å². The standard InChI is InChI=1S/C17H23N3O2/c1-12(13-5-7-14(21-2)8-6-13)11-15-19-16(20-22-15)17(18)9-3-4-10-17/h5-8,12H,3-4,9-11,18H2,1-2H3. The third-order valence-electron chi connectivity index (χ3n) is 4.57. The number of ether oxygens (including phenoxy) is 1. The van der Waals surface area contributed by atoms with Gasteiger partial charge in [0.25, 0.3) is 0 Å². The van der Waals surface area contributed by atoms with E-state index in [1.807, 2.05) is 12.1 Å². The second kappa shape index (κ2) is 6.08. The number of hydrogen-bond acceptors (Lipinski definition) is 5. The molecule has 3 rings (SSSR count). The average molecular weight is 301 g/mol. The predicted molar refractivity (Wildman–Crippen MR) is 83.7 cm³/mol. The average Bonchev–Trinajstić information content (AvgIpc) is 3.17. The molecule has 0 saturated heterocycles. The maximum Gasteiger partial charge on any atom is 0.227 e. The van der Waals surface area contributed by atoms with E-state index in [1.165, 1.54) is 5.56 Å². The SMILES string of the molecule is COc1ccc(C(C)Cc2nc(C3(N)CCCC3)no2)cc1. The molecule has 5 heteroatoms. The summed E-state index contributed by atoms with van der Waals surface area (Å²) in [6.45, 7) is 2.15. The molecule has 2 aromatic rings. The summed E-state index contributed by atoms with van der Waals surface area (Å²) in [4.78, 5) is 4.54. The van der Waals surface area contributed by atoms with Crippen molar-refractivity contribution in [3.63, 3.8) is 0 Å². The summed E-state index contributed by atoms with van der Waals surface area (Å²) in [6.07, 6.45) is 4.89. The number of hydrogen-bond donors (Lipinski definition) is 1. The Morgan fingerprint density at radius 3 is 2.59 bits per heavy atom. The topological polar surface area (TPSA) is 74.2 Å². The van der Waals surface area contributed by atoms with Gasteiger partial charge in [0.1, 0.15) is 5.75 Å². The summed E-state index contributed by atoms with van der Waals surface area (Å²) in [5, 5.41) is 4.11. The second-order valence-corrected chi connectivity index (χ2v) is 6.25. The highest BCUT2D eigenvalue weighted by Crippen LogP contribution is 2.34. The molecule has 1 saturated carbocycles. The second-order valence-electron chi connectivity index (χ2n) is 6.25. The lowest BCUT2D eigenvalue weighted by Crippen LogP contribution is -2.34. The maximum atomic E-state index is 6.37. The molecule has 1 aromatic carbocycles. The number of aromatic nitrogens is 2. The van der Waals surface area contributed by atoms with Crippen molar-refractivity contribution in [3.8, 4) is 5.75 Å². The Morgan fingerprint density at radius 1 is 1.27 bits per heavy atom. The van der Waals surface area contributed by atoms with Gasteiger partial charge in [-0.05, 0) is 36.5 Å². The summed E-state index contributed by atoms with van der Waals surface area (Å²) in [5.74, 6) is 2.50. The van der Waals surface area contributed by atoms with Gasteiger partial charge in [-0.3, -0.25) is 0 Å². The van der Waals surface area contributed by atoms with Crippen LogP contribution in [0.1, 0.15) is 55.8 Å². The van der Waals surface area contributed by atoms with Crippen molar-refractivity contribution in [2.45, 2.75) is 50.5 Å². The van der Waals surface area contributed by atoms with Gasteiger partial charge in [0.15, 0.2) is 5.82 Å². The molecule has 2 N–H and O–H groups in total. The molecule has 0 amide bonds. The molecule has 1 fully saturated rings. The lowest BCUT2D eigenvalue weighted by atomic mass is 9.97. The van der Waals surface area contributed by atoms with E-state index >= 15 is 0 Å². The van der Waals surface area contributed by atoms with Crippen molar-refractivity contribution in [3.05, 3.63) is 41.5 Å². The fraction of sp³-hybridized carbons (Fsp3) is 0.529. The highest BCUT2D eigenvalue weighted by molar-refractivity contribution is 5.29. The van der Waals surface area contributed by atoms with E-state index in [2.05, 4.69) is 29.2 Å². The molecule has 5 nitrogen and oxygen atoms in total. The molecule has 1 unspecified atom stereocenters. The van der Waals surface area contributed by atoms with Gasteiger partial charge in [0.05, 0.1) is 12.6 Å². The molecular formula is C17H23N3O2. The van der Waals surface area contributed by atoms with Crippen LogP contribution in [0.5, 0.6) is 5.75 Å². The van der Waals surface area contributed by atoms with Crippen LogP contribution in [0.15, 0.2) is 28.8 Å². The molecule has 0 spiro atoms. The van der Waals surface area contributed by atoms with Crippen molar-refractivity contribution < 1.29 is 9.26 Å². The van der Waals surface area contributed by atoms with E-state index < -0.39 is 0 Å². The van der Waals surface area contributed by atoms with E-state index in [4.69, 9.17) is 15.0 Å². The van der Waals surface area contributed by atoms with Gasteiger partial charge in [-0.1, -0.05) is 37.1 Å². The fourth-order valence-electron chi connectivity index (χ4n) is 3.08. The van der Waals surface area contributed by atoms with Gasteiger partial charge < -0.3 is 15.0 Å². The zero-order chi connectivity index (χ0) is 15.6. The third-order valence-corrected chi connectivity index (χ3v) is 4.57. The molecule has 0 aliphatic heterocycles. The molecule has 0 radical (unpaired) electrons. The van der Waals surface area contributed by atoms with Crippen LogP contribution in [0.4, 0.5) is 0 Å². The largest absolute Gasteiger partial charge is 0.497 e. The van der Waals surface area contributed by atoms with Crippen LogP contribution in [-0.4, -0.2) is 17.3 Å². The molecule has 1 atom stereocenters. The van der Waals surface area contributed by atoms with Crippen LogP contribution < -0.4 is 10.5 Å². The van der Waals surface area contributed by atoms with E-state index in [0.29, 0.717) is 17.6 Å². The van der Waals surface area contributed by atoms with Crippen molar-refractivity contribution >= 4 is 0 Å². The van der Waals surface area contributed by atoms with Gasteiger partial charge in [-0.2, -0.15) is 4.98 Å². The first-order valence-corrected chi connectivity index (χ1v) is 7.86. The zero-order valence-corrected chi connectivity index (χ0v) is 13.2. The van der Waals surface area contributed by atoms with E-state index in [-0.39, 0.29) is 5.54 Å². The van der Waals surface area contributed by atoms with Crippen LogP contribution in [-0.2, 0) is 12.0 Å². The number of nitrogens with zero attached hydrogens (tertiary/aromatic N) is 2. The van der Waals surface area contributed by atoms with Crippen LogP contribution in [0.25, 0.3) is 0 Å². The molecule has 1 aliphatic rings. The lowest BCUT2D eigenvalue weighted by molar-refractivity contribution is 0.345. The highest BCUT2D eigenvalue weighted by Gasteiger charge is 2.36. The Hall–Kier alpha value is -1.88. The minimum absolute atomic E-state index is 0.302. The third kappa shape index (κ3) is 2.99. The van der Waals surface area contributed by atoms with Gasteiger partial charge >= 0.3 is 0 Å². The number of rotatable bonds is 5. The highest BCUT2D eigenvalue weighted by atomic mass is 16.5. The first-order chi connectivity index (χ1) is 10.6. The molecular weight excluding hydrogens is 278 g/mol. The summed E-state index contributed by atoms with van der Waals surface area (Å²) < 4.78 is 10.6. The summed E-state index contributed by atoms with van der Waals surface area (Å²) in [5.41, 5.74) is 7.21. The fourth-order valence-corrected chi connectivity index (χ4v) is 3.08. The van der Waals surface area contributed by atoms with Gasteiger partial charge in [0, 0.05) is 6.42 Å². The maximum absolute atomic E-state index is 6.37. The van der Waals surface area contributed by atoms with Gasteiger partial charge in [0.2, 0.25) is 5.89 Å². The normalized spacial score (nSPS) is 18.3. The Labute approximate surface area is 130 Å². The van der Waals surface area contributed by atoms with Crippen LogP contribution in [0.3, 0.4) is 0 Å². The van der Waals surface area contributed by atoms with Crippen LogP contribution in [0, 0.1) is 0 Å². The Kier molecular flexibility index (Phi) is 4.16. The minimum Gasteiger partial charge on any atom is -0.497 e. The molecule has 118 valence electrons. The number of methoxy groups -OCH3 is 1. The molecule has 1 aromatic heterocycles. The smallest absolute Gasteiger partial charge is 0.227 e. The molecule has 22 heavy (non-hydrogen) atoms. The summed E-state index contributed by atoms with van der Waals surface area (Å²) in [7, 11) is 1.67. The first-order valence-electron chi connectivity index (χ1n) is 7.86. The van der Waals surface area contributed by atoms with Gasteiger partial charge in [-0.25, -0.2) is 0 Å². The number of nitrogens with two attached hydrogens (primary N) is 1. The van der Waals surface area contributed by atoms with Crippen molar-refractivity contribution in [2.75, 3.05) is 7.11 Å². The van der Waals surface area contributed by atoms with Crippen LogP contribution in [0.2, 0.25) is 0 Å². The monoisotopic (exact) mass is 301 g/mol. The minimum atomic E-state index is -0.384. The molecule has 1 heterocycles. The predicted octanol–water partition coefficient (Wildman–Crippen LogP) is 3.15. The molecule has 1 aliphatic carbocycles. The van der Waals surface area contributed by atoms with Crippen molar-refractivity contribution in [2.24, 2.45) is 5.73 Å². The lowest BCUT2D eigenvalue weighted by Gasteiger charge is -2.17.